The Morgan fingerprint density at radius 1 is 1.03 bits per heavy atom. The Bertz CT molecular complexity index is 1240. The molecule has 4 aromatic rings. The van der Waals surface area contributed by atoms with Crippen molar-refractivity contribution >= 4 is 26.7 Å². The normalized spacial score (nSPS) is 17.8. The number of nitrogens with one attached hydrogen (secondary N) is 2. The number of rotatable bonds is 2. The van der Waals surface area contributed by atoms with E-state index in [1.807, 2.05) is 6.20 Å². The van der Waals surface area contributed by atoms with E-state index in [9.17, 15) is 0 Å². The Balaban J connectivity index is 1.41. The molecule has 0 amide bonds. The third-order valence-electron chi connectivity index (χ3n) is 6.00. The van der Waals surface area contributed by atoms with Crippen molar-refractivity contribution < 1.29 is 4.74 Å². The van der Waals surface area contributed by atoms with E-state index in [2.05, 4.69) is 79.7 Å². The zero-order valence-corrected chi connectivity index (χ0v) is 17.4. The summed E-state index contributed by atoms with van der Waals surface area (Å²) >= 11 is 3.56. The van der Waals surface area contributed by atoms with E-state index in [-0.39, 0.29) is 0 Å². The maximum atomic E-state index is 6.19. The largest absolute Gasteiger partial charge is 0.488 e. The number of ether oxygens (including phenoxy) is 1. The second kappa shape index (κ2) is 6.71. The molecule has 2 aliphatic rings. The smallest absolute Gasteiger partial charge is 0.135 e. The van der Waals surface area contributed by atoms with Gasteiger partial charge >= 0.3 is 0 Å². The van der Waals surface area contributed by atoms with Crippen LogP contribution in [-0.2, 0) is 6.61 Å². The van der Waals surface area contributed by atoms with Crippen LogP contribution < -0.4 is 10.1 Å². The number of fused-ring (bicyclic) bond motifs is 5. The van der Waals surface area contributed by atoms with Crippen LogP contribution in [0.4, 0.5) is 0 Å². The Hall–Kier alpha value is -2.63. The lowest BCUT2D eigenvalue weighted by Crippen LogP contribution is -2.14. The van der Waals surface area contributed by atoms with Gasteiger partial charge in [-0.25, -0.2) is 4.98 Å². The molecule has 1 fully saturated rings. The Morgan fingerprint density at radius 3 is 2.86 bits per heavy atom. The first-order chi connectivity index (χ1) is 14.3. The van der Waals surface area contributed by atoms with Crippen LogP contribution in [0.2, 0.25) is 0 Å². The Labute approximate surface area is 177 Å². The quantitative estimate of drug-likeness (QED) is 0.399. The van der Waals surface area contributed by atoms with Crippen molar-refractivity contribution in [2.45, 2.75) is 25.5 Å². The number of H-pyrrole nitrogens is 1. The summed E-state index contributed by atoms with van der Waals surface area (Å²) in [5.74, 6) is 2.01. The summed E-state index contributed by atoms with van der Waals surface area (Å²) in [6.07, 6.45) is 4.30. The zero-order valence-electron chi connectivity index (χ0n) is 15.8. The molecule has 144 valence electrons. The minimum atomic E-state index is 0.352. The van der Waals surface area contributed by atoms with Gasteiger partial charge in [-0.2, -0.15) is 0 Å². The molecule has 0 radical (unpaired) electrons. The summed E-state index contributed by atoms with van der Waals surface area (Å²) in [4.78, 5) is 8.12. The van der Waals surface area contributed by atoms with Crippen molar-refractivity contribution in [1.82, 2.24) is 15.3 Å². The van der Waals surface area contributed by atoms with E-state index in [1.54, 1.807) is 0 Å². The number of aromatic nitrogens is 2. The summed E-state index contributed by atoms with van der Waals surface area (Å²) in [5.41, 5.74) is 5.84. The third-order valence-corrected chi connectivity index (χ3v) is 6.49. The molecule has 1 saturated heterocycles. The number of imidazole rings is 1. The van der Waals surface area contributed by atoms with Gasteiger partial charge in [-0.1, -0.05) is 40.2 Å². The number of nitrogens with zero attached hydrogens (tertiary/aromatic N) is 1. The molecule has 0 aliphatic carbocycles. The second-order valence-corrected chi connectivity index (χ2v) is 8.72. The molecule has 6 rings (SSSR count). The first-order valence-corrected chi connectivity index (χ1v) is 10.8. The number of benzene rings is 3. The topological polar surface area (TPSA) is 49.9 Å². The van der Waals surface area contributed by atoms with Crippen molar-refractivity contribution in [1.29, 1.82) is 0 Å². The van der Waals surface area contributed by atoms with Gasteiger partial charge in [-0.3, -0.25) is 0 Å². The minimum absolute atomic E-state index is 0.352. The number of halogens is 1. The lowest BCUT2D eigenvalue weighted by molar-refractivity contribution is 0.306. The molecule has 5 heteroatoms. The van der Waals surface area contributed by atoms with Crippen LogP contribution in [0.15, 0.2) is 59.2 Å². The second-order valence-electron chi connectivity index (χ2n) is 7.80. The van der Waals surface area contributed by atoms with E-state index >= 15 is 0 Å². The molecule has 0 bridgehead atoms. The monoisotopic (exact) mass is 445 g/mol. The zero-order chi connectivity index (χ0) is 19.4. The lowest BCUT2D eigenvalue weighted by atomic mass is 9.93. The van der Waals surface area contributed by atoms with Gasteiger partial charge in [0, 0.05) is 21.0 Å². The maximum absolute atomic E-state index is 6.19. The van der Waals surface area contributed by atoms with Crippen molar-refractivity contribution in [2.24, 2.45) is 0 Å². The van der Waals surface area contributed by atoms with Crippen LogP contribution in [-0.4, -0.2) is 16.5 Å². The van der Waals surface area contributed by atoms with E-state index in [0.29, 0.717) is 12.6 Å². The molecule has 3 heterocycles. The summed E-state index contributed by atoms with van der Waals surface area (Å²) in [6.45, 7) is 1.67. The van der Waals surface area contributed by atoms with Crippen LogP contribution in [0.5, 0.6) is 5.75 Å². The van der Waals surface area contributed by atoms with Crippen molar-refractivity contribution in [3.05, 3.63) is 70.6 Å². The van der Waals surface area contributed by atoms with E-state index in [1.165, 1.54) is 22.9 Å². The fraction of sp³-hybridized carbons (Fsp3) is 0.208. The molecule has 4 nitrogen and oxygen atoms in total. The molecule has 2 N–H and O–H groups in total. The predicted molar refractivity (Wildman–Crippen MR) is 119 cm³/mol. The van der Waals surface area contributed by atoms with Gasteiger partial charge in [0.2, 0.25) is 0 Å². The van der Waals surface area contributed by atoms with Crippen molar-refractivity contribution in [2.75, 3.05) is 6.54 Å². The average Bonchev–Trinajstić information content (AvgIpc) is 3.44. The molecule has 1 aromatic heterocycles. The predicted octanol–water partition coefficient (Wildman–Crippen LogP) is 5.98. The third kappa shape index (κ3) is 2.88. The minimum Gasteiger partial charge on any atom is -0.488 e. The fourth-order valence-corrected chi connectivity index (χ4v) is 4.92. The van der Waals surface area contributed by atoms with Crippen LogP contribution in [0.1, 0.15) is 30.3 Å². The first kappa shape index (κ1) is 17.2. The highest BCUT2D eigenvalue weighted by atomic mass is 79.9. The van der Waals surface area contributed by atoms with Gasteiger partial charge in [-0.15, -0.1) is 0 Å². The summed E-state index contributed by atoms with van der Waals surface area (Å²) < 4.78 is 7.27. The molecule has 29 heavy (non-hydrogen) atoms. The maximum Gasteiger partial charge on any atom is 0.135 e. The fourth-order valence-electron chi connectivity index (χ4n) is 4.51. The van der Waals surface area contributed by atoms with Gasteiger partial charge in [-0.05, 0) is 60.2 Å². The molecule has 1 atom stereocenters. The lowest BCUT2D eigenvalue weighted by Gasteiger charge is -2.22. The van der Waals surface area contributed by atoms with Gasteiger partial charge in [0.25, 0.3) is 0 Å². The SMILES string of the molecule is Brc1ccc2c(c1)COc1c-2ccc2cc(-c3cnc([C@@H]4CCCN4)[nH]3)ccc12. The molecule has 0 unspecified atom stereocenters. The van der Waals surface area contributed by atoms with Crippen molar-refractivity contribution in [3.63, 3.8) is 0 Å². The summed E-state index contributed by atoms with van der Waals surface area (Å²) in [6, 6.07) is 17.7. The van der Waals surface area contributed by atoms with Gasteiger partial charge < -0.3 is 15.0 Å². The van der Waals surface area contributed by atoms with Gasteiger partial charge in [0.1, 0.15) is 18.2 Å². The first-order valence-electron chi connectivity index (χ1n) is 10.0. The highest BCUT2D eigenvalue weighted by molar-refractivity contribution is 9.10. The van der Waals surface area contributed by atoms with E-state index in [4.69, 9.17) is 4.74 Å². The van der Waals surface area contributed by atoms with E-state index < -0.39 is 0 Å². The van der Waals surface area contributed by atoms with Crippen LogP contribution >= 0.6 is 15.9 Å². The Morgan fingerprint density at radius 2 is 1.97 bits per heavy atom. The highest BCUT2D eigenvalue weighted by Gasteiger charge is 2.21. The van der Waals surface area contributed by atoms with Gasteiger partial charge in [0.15, 0.2) is 0 Å². The summed E-state index contributed by atoms with van der Waals surface area (Å²) in [5, 5.41) is 5.83. The van der Waals surface area contributed by atoms with Crippen LogP contribution in [0.25, 0.3) is 33.2 Å². The van der Waals surface area contributed by atoms with Crippen LogP contribution in [0, 0.1) is 0 Å². The number of hydrogen-bond acceptors (Lipinski definition) is 3. The average molecular weight is 446 g/mol. The van der Waals surface area contributed by atoms with E-state index in [0.717, 1.165) is 51.2 Å². The Kier molecular flexibility index (Phi) is 3.99. The number of hydrogen-bond donors (Lipinski definition) is 2. The highest BCUT2D eigenvalue weighted by Crippen LogP contribution is 2.43. The molecular weight excluding hydrogens is 426 g/mol. The molecule has 0 saturated carbocycles. The van der Waals surface area contributed by atoms with Crippen molar-refractivity contribution in [3.8, 4) is 28.1 Å². The van der Waals surface area contributed by atoms with Crippen LogP contribution in [0.3, 0.4) is 0 Å². The summed E-state index contributed by atoms with van der Waals surface area (Å²) in [7, 11) is 0. The molecule has 3 aromatic carbocycles. The van der Waals surface area contributed by atoms with Gasteiger partial charge in [0.05, 0.1) is 17.9 Å². The molecule has 0 spiro atoms. The molecule has 2 aliphatic heterocycles. The number of aromatic amines is 1. The standard InChI is InChI=1S/C24H20BrN3O/c25-17-5-8-18-16(11-17)13-29-23-19-6-4-15(10-14(19)3-7-20(18)23)22-12-27-24(28-22)21-2-1-9-26-21/h3-8,10-12,21,26H,1-2,9,13H2,(H,27,28)/t21-/m0/s1. The molecular formula is C24H20BrN3O.